The summed E-state index contributed by atoms with van der Waals surface area (Å²) in [5, 5.41) is 6.97. The largest absolute Gasteiger partial charge is 0.372 e. The summed E-state index contributed by atoms with van der Waals surface area (Å²) >= 11 is 0. The van der Waals surface area contributed by atoms with Crippen LogP contribution in [0.4, 0.5) is 15.8 Å². The molecular weight excluding hydrogens is 339 g/mol. The highest BCUT2D eigenvalue weighted by atomic mass is 19.1. The van der Waals surface area contributed by atoms with Crippen molar-refractivity contribution in [3.8, 4) is 0 Å². The SMILES string of the molecule is Cc1cc2c(cc1C)NC(c1ccccc1F)C1=C(CC(C)(C)CC1=O)N2. The number of carbonyl (C=O) groups is 1. The molecule has 0 saturated heterocycles. The van der Waals surface area contributed by atoms with E-state index in [1.54, 1.807) is 12.1 Å². The first kappa shape index (κ1) is 17.8. The molecule has 3 nitrogen and oxygen atoms in total. The minimum Gasteiger partial charge on any atom is -0.372 e. The topological polar surface area (TPSA) is 41.1 Å². The molecule has 0 amide bonds. The number of nitrogens with one attached hydrogen (secondary N) is 2. The van der Waals surface area contributed by atoms with Crippen LogP contribution < -0.4 is 10.6 Å². The molecule has 0 saturated carbocycles. The van der Waals surface area contributed by atoms with Crippen LogP contribution in [0.15, 0.2) is 47.7 Å². The highest BCUT2D eigenvalue weighted by Crippen LogP contribution is 2.46. The number of ketones is 1. The highest BCUT2D eigenvalue weighted by Gasteiger charge is 2.39. The van der Waals surface area contributed by atoms with Gasteiger partial charge in [0.1, 0.15) is 5.82 Å². The number of anilines is 2. The van der Waals surface area contributed by atoms with E-state index in [1.165, 1.54) is 11.6 Å². The molecule has 140 valence electrons. The number of halogens is 1. The Bertz CT molecular complexity index is 974. The second-order valence-corrected chi connectivity index (χ2v) is 8.54. The van der Waals surface area contributed by atoms with Gasteiger partial charge in [-0.1, -0.05) is 32.0 Å². The van der Waals surface area contributed by atoms with Crippen LogP contribution in [0.2, 0.25) is 0 Å². The first-order chi connectivity index (χ1) is 12.7. The van der Waals surface area contributed by atoms with Gasteiger partial charge in [0.15, 0.2) is 5.78 Å². The lowest BCUT2D eigenvalue weighted by atomic mass is 9.73. The zero-order valence-corrected chi connectivity index (χ0v) is 16.2. The predicted octanol–water partition coefficient (Wildman–Crippen LogP) is 5.66. The summed E-state index contributed by atoms with van der Waals surface area (Å²) in [6, 6.07) is 10.4. The molecule has 2 aromatic carbocycles. The molecule has 1 atom stereocenters. The maximum absolute atomic E-state index is 14.7. The fraction of sp³-hybridized carbons (Fsp3) is 0.348. The lowest BCUT2D eigenvalue weighted by Crippen LogP contribution is -2.31. The molecule has 1 unspecified atom stereocenters. The molecule has 0 aromatic heterocycles. The Balaban J connectivity index is 1.93. The van der Waals surface area contributed by atoms with Crippen LogP contribution in [-0.4, -0.2) is 5.78 Å². The number of allylic oxidation sites excluding steroid dienone is 1. The second kappa shape index (κ2) is 6.22. The van der Waals surface area contributed by atoms with Gasteiger partial charge in [0, 0.05) is 23.3 Å². The van der Waals surface area contributed by atoms with Crippen LogP contribution in [0, 0.1) is 25.1 Å². The fourth-order valence-electron chi connectivity index (χ4n) is 4.15. The van der Waals surface area contributed by atoms with Gasteiger partial charge >= 0.3 is 0 Å². The van der Waals surface area contributed by atoms with Gasteiger partial charge in [0.05, 0.1) is 17.4 Å². The molecule has 0 bridgehead atoms. The normalized spacial score (nSPS) is 20.9. The van der Waals surface area contributed by atoms with E-state index in [1.807, 2.05) is 6.07 Å². The first-order valence-electron chi connectivity index (χ1n) is 9.41. The molecule has 2 N–H and O–H groups in total. The van der Waals surface area contributed by atoms with Crippen molar-refractivity contribution in [2.75, 3.05) is 10.6 Å². The lowest BCUT2D eigenvalue weighted by molar-refractivity contribution is -0.118. The maximum Gasteiger partial charge on any atom is 0.163 e. The van der Waals surface area contributed by atoms with Crippen molar-refractivity contribution in [2.45, 2.75) is 46.6 Å². The maximum atomic E-state index is 14.7. The monoisotopic (exact) mass is 364 g/mol. The summed E-state index contributed by atoms with van der Waals surface area (Å²) < 4.78 is 14.7. The highest BCUT2D eigenvalue weighted by molar-refractivity contribution is 6.01. The van der Waals surface area contributed by atoms with Gasteiger partial charge in [-0.15, -0.1) is 0 Å². The molecule has 27 heavy (non-hydrogen) atoms. The van der Waals surface area contributed by atoms with E-state index in [0.717, 1.165) is 29.1 Å². The number of carbonyl (C=O) groups excluding carboxylic acids is 1. The number of benzene rings is 2. The molecule has 4 heteroatoms. The van der Waals surface area contributed by atoms with Gasteiger partial charge in [0.25, 0.3) is 0 Å². The van der Waals surface area contributed by atoms with Crippen molar-refractivity contribution in [3.63, 3.8) is 0 Å². The van der Waals surface area contributed by atoms with Crippen LogP contribution in [0.25, 0.3) is 0 Å². The lowest BCUT2D eigenvalue weighted by Gasteiger charge is -2.34. The molecule has 0 radical (unpaired) electrons. The predicted molar refractivity (Wildman–Crippen MR) is 107 cm³/mol. The van der Waals surface area contributed by atoms with Gasteiger partial charge in [-0.2, -0.15) is 0 Å². The van der Waals surface area contributed by atoms with E-state index in [-0.39, 0.29) is 17.0 Å². The van der Waals surface area contributed by atoms with Crippen LogP contribution >= 0.6 is 0 Å². The summed E-state index contributed by atoms with van der Waals surface area (Å²) in [5.41, 5.74) is 6.11. The van der Waals surface area contributed by atoms with E-state index in [0.29, 0.717) is 17.6 Å². The number of hydrogen-bond acceptors (Lipinski definition) is 3. The average Bonchev–Trinajstić information content (AvgIpc) is 2.71. The number of Topliss-reactive ketones (excluding diaryl/α,β-unsaturated/α-hetero) is 1. The molecule has 4 rings (SSSR count). The van der Waals surface area contributed by atoms with Gasteiger partial charge in [0.2, 0.25) is 0 Å². The summed E-state index contributed by atoms with van der Waals surface area (Å²) in [5.74, 6) is -0.220. The van der Waals surface area contributed by atoms with Crippen molar-refractivity contribution < 1.29 is 9.18 Å². The van der Waals surface area contributed by atoms with Crippen molar-refractivity contribution in [2.24, 2.45) is 5.41 Å². The summed E-state index contributed by atoms with van der Waals surface area (Å²) in [7, 11) is 0. The molecule has 0 spiro atoms. The smallest absolute Gasteiger partial charge is 0.163 e. The molecule has 1 heterocycles. The Morgan fingerprint density at radius 2 is 1.70 bits per heavy atom. The number of hydrogen-bond donors (Lipinski definition) is 2. The van der Waals surface area contributed by atoms with Gasteiger partial charge in [-0.25, -0.2) is 4.39 Å². The van der Waals surface area contributed by atoms with E-state index in [9.17, 15) is 9.18 Å². The quantitative estimate of drug-likeness (QED) is 0.685. The van der Waals surface area contributed by atoms with E-state index in [2.05, 4.69) is 50.5 Å². The van der Waals surface area contributed by atoms with E-state index in [4.69, 9.17) is 0 Å². The van der Waals surface area contributed by atoms with Crippen molar-refractivity contribution in [1.82, 2.24) is 0 Å². The van der Waals surface area contributed by atoms with Crippen molar-refractivity contribution in [1.29, 1.82) is 0 Å². The van der Waals surface area contributed by atoms with Gasteiger partial charge in [-0.05, 0) is 55.0 Å². The molecular formula is C23H25FN2O. The van der Waals surface area contributed by atoms with Gasteiger partial charge in [-0.3, -0.25) is 4.79 Å². The molecule has 2 aliphatic rings. The third-order valence-electron chi connectivity index (χ3n) is 5.64. The minimum absolute atomic E-state index is 0.0794. The zero-order chi connectivity index (χ0) is 19.3. The summed E-state index contributed by atoms with van der Waals surface area (Å²) in [6.45, 7) is 8.34. The fourth-order valence-corrected chi connectivity index (χ4v) is 4.15. The van der Waals surface area contributed by atoms with Crippen LogP contribution in [0.1, 0.15) is 49.4 Å². The summed E-state index contributed by atoms with van der Waals surface area (Å²) in [4.78, 5) is 13.1. The zero-order valence-electron chi connectivity index (χ0n) is 16.2. The second-order valence-electron chi connectivity index (χ2n) is 8.54. The first-order valence-corrected chi connectivity index (χ1v) is 9.41. The Morgan fingerprint density at radius 3 is 2.41 bits per heavy atom. The molecule has 2 aromatic rings. The standard InChI is InChI=1S/C23H25FN2O/c1-13-9-17-18(10-14(13)2)26-22(15-7-5-6-8-16(15)24)21-19(25-17)11-23(3,4)12-20(21)27/h5-10,22,25-26H,11-12H2,1-4H3. The van der Waals surface area contributed by atoms with E-state index >= 15 is 0 Å². The Kier molecular flexibility index (Phi) is 4.10. The van der Waals surface area contributed by atoms with Gasteiger partial charge < -0.3 is 10.6 Å². The Hall–Kier alpha value is -2.62. The molecule has 1 aliphatic heterocycles. The third kappa shape index (κ3) is 3.14. The summed E-state index contributed by atoms with van der Waals surface area (Å²) in [6.07, 6.45) is 1.22. The Morgan fingerprint density at radius 1 is 1.04 bits per heavy atom. The minimum atomic E-state index is -0.499. The van der Waals surface area contributed by atoms with Crippen LogP contribution in [-0.2, 0) is 4.79 Å². The van der Waals surface area contributed by atoms with Crippen LogP contribution in [0.3, 0.4) is 0 Å². The number of rotatable bonds is 1. The Labute approximate surface area is 159 Å². The van der Waals surface area contributed by atoms with Crippen molar-refractivity contribution in [3.05, 3.63) is 70.2 Å². The average molecular weight is 364 g/mol. The van der Waals surface area contributed by atoms with Crippen molar-refractivity contribution >= 4 is 17.2 Å². The van der Waals surface area contributed by atoms with Crippen LogP contribution in [0.5, 0.6) is 0 Å². The molecule has 1 aliphatic carbocycles. The number of aryl methyl sites for hydroxylation is 2. The molecule has 0 fully saturated rings. The van der Waals surface area contributed by atoms with E-state index < -0.39 is 6.04 Å². The number of fused-ring (bicyclic) bond motifs is 1. The third-order valence-corrected chi connectivity index (χ3v) is 5.64.